The van der Waals surface area contributed by atoms with Gasteiger partial charge in [0, 0.05) is 34.8 Å². The maximum atomic E-state index is 14.2. The van der Waals surface area contributed by atoms with Crippen molar-refractivity contribution in [3.05, 3.63) is 53.1 Å². The highest BCUT2D eigenvalue weighted by Gasteiger charge is 2.43. The van der Waals surface area contributed by atoms with Crippen molar-refractivity contribution >= 4 is 28.5 Å². The largest absolute Gasteiger partial charge is 0.393 e. The van der Waals surface area contributed by atoms with Gasteiger partial charge >= 0.3 is 0 Å². The van der Waals surface area contributed by atoms with Gasteiger partial charge in [0.15, 0.2) is 0 Å². The lowest BCUT2D eigenvalue weighted by atomic mass is 9.99. The fraction of sp³-hybridized carbons (Fsp3) is 0.440. The predicted octanol–water partition coefficient (Wildman–Crippen LogP) is 5.38. The lowest BCUT2D eigenvalue weighted by Crippen LogP contribution is -2.48. The number of fused-ring (bicyclic) bond motifs is 3. The Morgan fingerprint density at radius 3 is 2.47 bits per heavy atom. The lowest BCUT2D eigenvalue weighted by Gasteiger charge is -2.37. The fourth-order valence-corrected chi connectivity index (χ4v) is 5.36. The van der Waals surface area contributed by atoms with Gasteiger partial charge in [-0.1, -0.05) is 17.7 Å². The Morgan fingerprint density at radius 1 is 1.16 bits per heavy atom. The average Bonchev–Trinajstić information content (AvgIpc) is 3.25. The predicted molar refractivity (Wildman–Crippen MR) is 123 cm³/mol. The van der Waals surface area contributed by atoms with Crippen molar-refractivity contribution in [3.8, 4) is 11.1 Å². The molecule has 3 aromatic rings. The summed E-state index contributed by atoms with van der Waals surface area (Å²) in [5, 5.41) is 11.0. The third-order valence-electron chi connectivity index (χ3n) is 6.77. The Kier molecular flexibility index (Phi) is 5.06. The SMILES string of the molecule is CC(C)(C)n1cc(-c2ccc(Cl)c(F)c2)c2ccc(C(=O)N3[C@@H]4CC[C@H]3C[C@H](O)C4)nc21. The summed E-state index contributed by atoms with van der Waals surface area (Å²) in [4.78, 5) is 20.2. The van der Waals surface area contributed by atoms with Gasteiger partial charge in [0.2, 0.25) is 0 Å². The normalized spacial score (nSPS) is 23.2. The van der Waals surface area contributed by atoms with Crippen LogP contribution >= 0.6 is 11.6 Å². The Morgan fingerprint density at radius 2 is 1.84 bits per heavy atom. The van der Waals surface area contributed by atoms with Crippen LogP contribution in [0.4, 0.5) is 4.39 Å². The number of hydrogen-bond donors (Lipinski definition) is 1. The minimum absolute atomic E-state index is 0.0768. The van der Waals surface area contributed by atoms with Crippen molar-refractivity contribution in [2.75, 3.05) is 0 Å². The molecule has 2 fully saturated rings. The number of halogens is 2. The number of nitrogens with zero attached hydrogens (tertiary/aromatic N) is 3. The quantitative estimate of drug-likeness (QED) is 0.564. The van der Waals surface area contributed by atoms with E-state index in [0.29, 0.717) is 29.7 Å². The summed E-state index contributed by atoms with van der Waals surface area (Å²) in [6.45, 7) is 6.21. The van der Waals surface area contributed by atoms with Crippen molar-refractivity contribution in [3.63, 3.8) is 0 Å². The molecule has 0 unspecified atom stereocenters. The van der Waals surface area contributed by atoms with Gasteiger partial charge in [-0.3, -0.25) is 4.79 Å². The molecule has 5 rings (SSSR count). The third kappa shape index (κ3) is 3.50. The maximum Gasteiger partial charge on any atom is 0.273 e. The van der Waals surface area contributed by atoms with Gasteiger partial charge in [0.25, 0.3) is 5.91 Å². The Balaban J connectivity index is 1.60. The monoisotopic (exact) mass is 455 g/mol. The van der Waals surface area contributed by atoms with Crippen LogP contribution in [0.2, 0.25) is 5.02 Å². The van der Waals surface area contributed by atoms with E-state index < -0.39 is 5.82 Å². The first-order valence-electron chi connectivity index (χ1n) is 11.1. The molecule has 0 spiro atoms. The molecule has 32 heavy (non-hydrogen) atoms. The summed E-state index contributed by atoms with van der Waals surface area (Å²) in [5.41, 5.74) is 2.37. The Labute approximate surface area is 191 Å². The molecule has 5 nitrogen and oxygen atoms in total. The van der Waals surface area contributed by atoms with Gasteiger partial charge in [0.1, 0.15) is 17.2 Å². The van der Waals surface area contributed by atoms with Crippen LogP contribution in [0.3, 0.4) is 0 Å². The highest BCUT2D eigenvalue weighted by atomic mass is 35.5. The summed E-state index contributed by atoms with van der Waals surface area (Å²) in [5.74, 6) is -0.546. The van der Waals surface area contributed by atoms with Crippen LogP contribution in [0.5, 0.6) is 0 Å². The molecule has 3 atom stereocenters. The standard InChI is InChI=1S/C25H27ClFN3O2/c1-25(2,3)29-13-19(14-4-8-20(26)21(27)10-14)18-7-9-22(28-23(18)29)24(32)30-15-5-6-16(30)12-17(31)11-15/h4,7-10,13,15-17,31H,5-6,11-12H2,1-3H3/t15-,16+,17-. The number of carbonyl (C=O) groups is 1. The maximum absolute atomic E-state index is 14.2. The number of aliphatic hydroxyl groups excluding tert-OH is 1. The zero-order valence-electron chi connectivity index (χ0n) is 18.5. The first-order valence-corrected chi connectivity index (χ1v) is 11.5. The second kappa shape index (κ2) is 7.56. The molecule has 2 aromatic heterocycles. The molecule has 2 aliphatic rings. The van der Waals surface area contributed by atoms with Gasteiger partial charge in [-0.05, 0) is 76.3 Å². The van der Waals surface area contributed by atoms with Crippen LogP contribution in [-0.4, -0.2) is 43.7 Å². The third-order valence-corrected chi connectivity index (χ3v) is 7.07. The van der Waals surface area contributed by atoms with E-state index >= 15 is 0 Å². The summed E-state index contributed by atoms with van der Waals surface area (Å²) in [7, 11) is 0. The average molecular weight is 456 g/mol. The molecule has 4 heterocycles. The van der Waals surface area contributed by atoms with Crippen LogP contribution in [0.25, 0.3) is 22.2 Å². The van der Waals surface area contributed by atoms with Crippen LogP contribution in [-0.2, 0) is 5.54 Å². The highest BCUT2D eigenvalue weighted by molar-refractivity contribution is 6.30. The van der Waals surface area contributed by atoms with Crippen LogP contribution in [0.1, 0.15) is 56.9 Å². The van der Waals surface area contributed by atoms with Gasteiger partial charge < -0.3 is 14.6 Å². The van der Waals surface area contributed by atoms with Gasteiger partial charge in [-0.15, -0.1) is 0 Å². The van der Waals surface area contributed by atoms with E-state index in [0.717, 1.165) is 23.8 Å². The molecule has 2 bridgehead atoms. The highest BCUT2D eigenvalue weighted by Crippen LogP contribution is 2.38. The van der Waals surface area contributed by atoms with E-state index in [1.807, 2.05) is 21.7 Å². The van der Waals surface area contributed by atoms with E-state index in [9.17, 15) is 14.3 Å². The van der Waals surface area contributed by atoms with Gasteiger partial charge in [-0.25, -0.2) is 9.37 Å². The minimum atomic E-state index is -0.469. The number of pyridine rings is 1. The molecule has 0 radical (unpaired) electrons. The molecule has 7 heteroatoms. The summed E-state index contributed by atoms with van der Waals surface area (Å²) < 4.78 is 16.2. The molecule has 1 aromatic carbocycles. The van der Waals surface area contributed by atoms with Gasteiger partial charge in [-0.2, -0.15) is 0 Å². The minimum Gasteiger partial charge on any atom is -0.393 e. The van der Waals surface area contributed by atoms with Crippen molar-refractivity contribution < 1.29 is 14.3 Å². The first-order chi connectivity index (χ1) is 15.1. The van der Waals surface area contributed by atoms with Crippen molar-refractivity contribution in [1.82, 2.24) is 14.5 Å². The van der Waals surface area contributed by atoms with Crippen molar-refractivity contribution in [2.45, 2.75) is 70.2 Å². The molecular weight excluding hydrogens is 429 g/mol. The smallest absolute Gasteiger partial charge is 0.273 e. The molecule has 1 N–H and O–H groups in total. The van der Waals surface area contributed by atoms with E-state index in [4.69, 9.17) is 16.6 Å². The number of aliphatic hydroxyl groups is 1. The van der Waals surface area contributed by atoms with E-state index in [-0.39, 0.29) is 34.7 Å². The Hall–Kier alpha value is -2.44. The Bertz CT molecular complexity index is 1200. The number of rotatable bonds is 2. The number of piperidine rings is 1. The fourth-order valence-electron chi connectivity index (χ4n) is 5.24. The van der Waals surface area contributed by atoms with Crippen molar-refractivity contribution in [2.24, 2.45) is 0 Å². The summed E-state index contributed by atoms with van der Waals surface area (Å²) >= 11 is 5.88. The number of benzene rings is 1. The summed E-state index contributed by atoms with van der Waals surface area (Å²) in [6, 6.07) is 8.60. The zero-order chi connectivity index (χ0) is 22.8. The lowest BCUT2D eigenvalue weighted by molar-refractivity contribution is 0.0282. The second-order valence-electron chi connectivity index (χ2n) is 10.0. The van der Waals surface area contributed by atoms with Crippen LogP contribution < -0.4 is 0 Å². The second-order valence-corrected chi connectivity index (χ2v) is 10.4. The molecule has 0 aliphatic carbocycles. The van der Waals surface area contributed by atoms with E-state index in [1.165, 1.54) is 6.07 Å². The zero-order valence-corrected chi connectivity index (χ0v) is 19.2. The summed E-state index contributed by atoms with van der Waals surface area (Å²) in [6.07, 6.45) is 4.77. The van der Waals surface area contributed by atoms with Crippen molar-refractivity contribution in [1.29, 1.82) is 0 Å². The number of carbonyl (C=O) groups excluding carboxylic acids is 1. The van der Waals surface area contributed by atoms with Crippen LogP contribution in [0.15, 0.2) is 36.5 Å². The van der Waals surface area contributed by atoms with E-state index in [2.05, 4.69) is 20.8 Å². The molecule has 2 saturated heterocycles. The molecular formula is C25H27ClFN3O2. The first kappa shape index (κ1) is 21.4. The number of amides is 1. The topological polar surface area (TPSA) is 58.4 Å². The molecule has 168 valence electrons. The molecule has 2 aliphatic heterocycles. The van der Waals surface area contributed by atoms with E-state index in [1.54, 1.807) is 18.2 Å². The van der Waals surface area contributed by atoms with Crippen LogP contribution in [0, 0.1) is 5.82 Å². The number of aromatic nitrogens is 2. The van der Waals surface area contributed by atoms with Gasteiger partial charge in [0.05, 0.1) is 11.1 Å². The molecule has 1 amide bonds. The number of hydrogen-bond acceptors (Lipinski definition) is 3. The molecule has 0 saturated carbocycles.